The van der Waals surface area contributed by atoms with E-state index in [2.05, 4.69) is 6.92 Å². The van der Waals surface area contributed by atoms with Gasteiger partial charge in [0.1, 0.15) is 6.10 Å². The second kappa shape index (κ2) is 3.35. The summed E-state index contributed by atoms with van der Waals surface area (Å²) in [4.78, 5) is 0. The summed E-state index contributed by atoms with van der Waals surface area (Å²) < 4.78 is 5.23. The van der Waals surface area contributed by atoms with E-state index in [9.17, 15) is 0 Å². The fraction of sp³-hybridized carbons (Fsp3) is 1.00. The second-order valence-electron chi connectivity index (χ2n) is 3.02. The van der Waals surface area contributed by atoms with Gasteiger partial charge in [-0.1, -0.05) is 19.8 Å². The zero-order valence-corrected chi connectivity index (χ0v) is 6.71. The van der Waals surface area contributed by atoms with Crippen LogP contribution < -0.4 is 0 Å². The SMILES string of the molecule is CCCC[C@@H]1O[C@H]1[C@H](C)O. The summed E-state index contributed by atoms with van der Waals surface area (Å²) in [6, 6.07) is 0. The van der Waals surface area contributed by atoms with Crippen LogP contribution in [0.3, 0.4) is 0 Å². The molecule has 1 N–H and O–H groups in total. The summed E-state index contributed by atoms with van der Waals surface area (Å²) in [5.74, 6) is 0. The number of aliphatic hydroxyl groups is 1. The van der Waals surface area contributed by atoms with Gasteiger partial charge in [0.25, 0.3) is 0 Å². The van der Waals surface area contributed by atoms with Crippen LogP contribution in [0.4, 0.5) is 0 Å². The van der Waals surface area contributed by atoms with Crippen molar-refractivity contribution in [3.05, 3.63) is 0 Å². The van der Waals surface area contributed by atoms with Crippen LogP contribution >= 0.6 is 0 Å². The van der Waals surface area contributed by atoms with Crippen LogP contribution in [0.15, 0.2) is 0 Å². The fourth-order valence-corrected chi connectivity index (χ4v) is 1.22. The maximum Gasteiger partial charge on any atom is 0.110 e. The number of aliphatic hydroxyl groups excluding tert-OH is 1. The molecule has 1 rings (SSSR count). The molecule has 1 saturated heterocycles. The Kier molecular flexibility index (Phi) is 2.69. The third-order valence-electron chi connectivity index (χ3n) is 1.94. The van der Waals surface area contributed by atoms with Crippen molar-refractivity contribution < 1.29 is 9.84 Å². The molecule has 1 aliphatic heterocycles. The Balaban J connectivity index is 2.02. The molecule has 3 atom stereocenters. The van der Waals surface area contributed by atoms with E-state index in [-0.39, 0.29) is 12.2 Å². The standard InChI is InChI=1S/C8H16O2/c1-3-4-5-7-8(10-7)6(2)9/h6-9H,3-5H2,1-2H3/t6-,7-,8-/m0/s1. The van der Waals surface area contributed by atoms with E-state index in [0.717, 1.165) is 6.42 Å². The van der Waals surface area contributed by atoms with Crippen LogP contribution in [0.2, 0.25) is 0 Å². The van der Waals surface area contributed by atoms with Crippen LogP contribution in [-0.2, 0) is 4.74 Å². The molecule has 0 spiro atoms. The van der Waals surface area contributed by atoms with Gasteiger partial charge in [0.15, 0.2) is 0 Å². The highest BCUT2D eigenvalue weighted by atomic mass is 16.6. The van der Waals surface area contributed by atoms with Crippen molar-refractivity contribution in [2.75, 3.05) is 0 Å². The lowest BCUT2D eigenvalue weighted by atomic mass is 10.1. The maximum atomic E-state index is 9.04. The van der Waals surface area contributed by atoms with Crippen molar-refractivity contribution in [1.29, 1.82) is 0 Å². The molecule has 2 heteroatoms. The zero-order chi connectivity index (χ0) is 7.56. The quantitative estimate of drug-likeness (QED) is 0.604. The predicted octanol–water partition coefficient (Wildman–Crippen LogP) is 1.32. The van der Waals surface area contributed by atoms with E-state index in [4.69, 9.17) is 9.84 Å². The highest BCUT2D eigenvalue weighted by molar-refractivity contribution is 4.88. The van der Waals surface area contributed by atoms with Crippen molar-refractivity contribution in [2.24, 2.45) is 0 Å². The third-order valence-corrected chi connectivity index (χ3v) is 1.94. The molecule has 10 heavy (non-hydrogen) atoms. The second-order valence-corrected chi connectivity index (χ2v) is 3.02. The zero-order valence-electron chi connectivity index (χ0n) is 6.71. The van der Waals surface area contributed by atoms with Gasteiger partial charge in [-0.25, -0.2) is 0 Å². The molecule has 1 heterocycles. The number of hydrogen-bond acceptors (Lipinski definition) is 2. The van der Waals surface area contributed by atoms with Crippen LogP contribution in [-0.4, -0.2) is 23.4 Å². The summed E-state index contributed by atoms with van der Waals surface area (Å²) in [6.07, 6.45) is 3.78. The Morgan fingerprint density at radius 2 is 2.30 bits per heavy atom. The molecule has 1 aliphatic rings. The number of hydrogen-bond donors (Lipinski definition) is 1. The average molecular weight is 144 g/mol. The van der Waals surface area contributed by atoms with Crippen molar-refractivity contribution in [1.82, 2.24) is 0 Å². The molecular formula is C8H16O2. The van der Waals surface area contributed by atoms with Crippen molar-refractivity contribution in [2.45, 2.75) is 51.4 Å². The van der Waals surface area contributed by atoms with Crippen molar-refractivity contribution in [3.8, 4) is 0 Å². The summed E-state index contributed by atoms with van der Waals surface area (Å²) in [7, 11) is 0. The Morgan fingerprint density at radius 1 is 1.60 bits per heavy atom. The van der Waals surface area contributed by atoms with Crippen molar-refractivity contribution >= 4 is 0 Å². The lowest BCUT2D eigenvalue weighted by Crippen LogP contribution is -2.11. The summed E-state index contributed by atoms with van der Waals surface area (Å²) >= 11 is 0. The molecular weight excluding hydrogens is 128 g/mol. The first-order valence-electron chi connectivity index (χ1n) is 4.09. The number of epoxide rings is 1. The van der Waals surface area contributed by atoms with E-state index < -0.39 is 0 Å². The molecule has 0 aromatic carbocycles. The number of unbranched alkanes of at least 4 members (excludes halogenated alkanes) is 1. The first kappa shape index (κ1) is 8.02. The molecule has 0 aliphatic carbocycles. The Morgan fingerprint density at radius 3 is 2.70 bits per heavy atom. The Labute approximate surface area is 62.2 Å². The summed E-state index contributed by atoms with van der Waals surface area (Å²) in [5.41, 5.74) is 0. The largest absolute Gasteiger partial charge is 0.391 e. The third kappa shape index (κ3) is 1.96. The molecule has 0 amide bonds. The van der Waals surface area contributed by atoms with Gasteiger partial charge in [0.05, 0.1) is 12.2 Å². The average Bonchev–Trinajstić information content (AvgIpc) is 2.62. The number of rotatable bonds is 4. The molecule has 0 aromatic rings. The molecule has 0 saturated carbocycles. The molecule has 60 valence electrons. The van der Waals surface area contributed by atoms with Gasteiger partial charge >= 0.3 is 0 Å². The van der Waals surface area contributed by atoms with Crippen LogP contribution in [0, 0.1) is 0 Å². The van der Waals surface area contributed by atoms with Crippen molar-refractivity contribution in [3.63, 3.8) is 0 Å². The minimum absolute atomic E-state index is 0.145. The topological polar surface area (TPSA) is 32.8 Å². The van der Waals surface area contributed by atoms with Crippen LogP contribution in [0.1, 0.15) is 33.1 Å². The lowest BCUT2D eigenvalue weighted by molar-refractivity contribution is 0.152. The molecule has 0 unspecified atom stereocenters. The van der Waals surface area contributed by atoms with Gasteiger partial charge in [0.2, 0.25) is 0 Å². The van der Waals surface area contributed by atoms with Crippen LogP contribution in [0.25, 0.3) is 0 Å². The van der Waals surface area contributed by atoms with Crippen LogP contribution in [0.5, 0.6) is 0 Å². The first-order chi connectivity index (χ1) is 4.75. The highest BCUT2D eigenvalue weighted by Crippen LogP contribution is 2.29. The van der Waals surface area contributed by atoms with Gasteiger partial charge in [-0.2, -0.15) is 0 Å². The smallest absolute Gasteiger partial charge is 0.110 e. The lowest BCUT2D eigenvalue weighted by Gasteiger charge is -1.95. The monoisotopic (exact) mass is 144 g/mol. The summed E-state index contributed by atoms with van der Waals surface area (Å²) in [6.45, 7) is 3.95. The maximum absolute atomic E-state index is 9.04. The molecule has 1 fully saturated rings. The van der Waals surface area contributed by atoms with E-state index in [1.807, 2.05) is 0 Å². The fourth-order valence-electron chi connectivity index (χ4n) is 1.22. The first-order valence-corrected chi connectivity index (χ1v) is 4.09. The van der Waals surface area contributed by atoms with Gasteiger partial charge in [-0.3, -0.25) is 0 Å². The predicted molar refractivity (Wildman–Crippen MR) is 39.9 cm³/mol. The molecule has 0 radical (unpaired) electrons. The normalized spacial score (nSPS) is 33.9. The molecule has 0 bridgehead atoms. The minimum Gasteiger partial charge on any atom is -0.391 e. The van der Waals surface area contributed by atoms with E-state index in [0.29, 0.717) is 6.10 Å². The van der Waals surface area contributed by atoms with Gasteiger partial charge in [0, 0.05) is 0 Å². The van der Waals surface area contributed by atoms with E-state index >= 15 is 0 Å². The Hall–Kier alpha value is -0.0800. The van der Waals surface area contributed by atoms with Gasteiger partial charge in [-0.15, -0.1) is 0 Å². The van der Waals surface area contributed by atoms with Gasteiger partial charge < -0.3 is 9.84 Å². The molecule has 2 nitrogen and oxygen atoms in total. The minimum atomic E-state index is -0.276. The van der Waals surface area contributed by atoms with Gasteiger partial charge in [-0.05, 0) is 13.3 Å². The summed E-state index contributed by atoms with van der Waals surface area (Å²) in [5, 5.41) is 9.04. The van der Waals surface area contributed by atoms with E-state index in [1.165, 1.54) is 12.8 Å². The highest BCUT2D eigenvalue weighted by Gasteiger charge is 2.41. The number of ether oxygens (including phenoxy) is 1. The Bertz CT molecular complexity index is 101. The van der Waals surface area contributed by atoms with E-state index in [1.54, 1.807) is 6.92 Å². The molecule has 0 aromatic heterocycles.